The van der Waals surface area contributed by atoms with E-state index in [1.807, 2.05) is 12.1 Å². The van der Waals surface area contributed by atoms with Crippen molar-refractivity contribution < 1.29 is 28.2 Å². The average molecular weight is 464 g/mol. The lowest BCUT2D eigenvalue weighted by atomic mass is 10.1. The molecule has 176 valence electrons. The maximum atomic E-state index is 13.1. The molecule has 3 aromatic carbocycles. The Morgan fingerprint density at radius 2 is 1.85 bits per heavy atom. The normalized spacial score (nSPS) is 12.9. The quantitative estimate of drug-likeness (QED) is 0.573. The van der Waals surface area contributed by atoms with Crippen molar-refractivity contribution in [3.05, 3.63) is 83.2 Å². The molecule has 0 radical (unpaired) electrons. The fourth-order valence-electron chi connectivity index (χ4n) is 3.77. The lowest BCUT2D eigenvalue weighted by molar-refractivity contribution is -0.133. The van der Waals surface area contributed by atoms with E-state index in [0.29, 0.717) is 41.6 Å². The van der Waals surface area contributed by atoms with Crippen LogP contribution in [-0.4, -0.2) is 37.5 Å². The summed E-state index contributed by atoms with van der Waals surface area (Å²) < 4.78 is 29.5. The van der Waals surface area contributed by atoms with Crippen molar-refractivity contribution in [1.82, 2.24) is 4.90 Å². The molecule has 0 saturated carbocycles. The summed E-state index contributed by atoms with van der Waals surface area (Å²) in [5, 5.41) is 2.86. The first-order valence-corrected chi connectivity index (χ1v) is 10.7. The Hall–Kier alpha value is -4.07. The van der Waals surface area contributed by atoms with Crippen LogP contribution in [-0.2, 0) is 29.1 Å². The van der Waals surface area contributed by atoms with Gasteiger partial charge >= 0.3 is 0 Å². The molecule has 0 bridgehead atoms. The van der Waals surface area contributed by atoms with Gasteiger partial charge in [-0.2, -0.15) is 0 Å². The summed E-state index contributed by atoms with van der Waals surface area (Å²) >= 11 is 0. The molecule has 7 nitrogen and oxygen atoms in total. The van der Waals surface area contributed by atoms with Gasteiger partial charge in [0.25, 0.3) is 5.91 Å². The molecule has 2 amide bonds. The number of anilines is 1. The lowest BCUT2D eigenvalue weighted by Gasteiger charge is -2.22. The van der Waals surface area contributed by atoms with Gasteiger partial charge in [-0.05, 0) is 48.0 Å². The molecule has 0 aliphatic carbocycles. The van der Waals surface area contributed by atoms with Crippen LogP contribution in [0.2, 0.25) is 0 Å². The molecule has 1 aliphatic heterocycles. The minimum Gasteiger partial charge on any atom is -0.497 e. The SMILES string of the molecule is COc1ccc(CN2Cc3cc(NC(=O)Cc4ccc(F)cc4)ccc3OCC2=O)c(OC)c1. The van der Waals surface area contributed by atoms with Crippen LogP contribution in [0.4, 0.5) is 10.1 Å². The van der Waals surface area contributed by atoms with Crippen LogP contribution >= 0.6 is 0 Å². The molecular formula is C26H25FN2O5. The molecule has 4 rings (SSSR count). The monoisotopic (exact) mass is 464 g/mol. The van der Waals surface area contributed by atoms with Gasteiger partial charge < -0.3 is 24.4 Å². The first-order chi connectivity index (χ1) is 16.4. The van der Waals surface area contributed by atoms with E-state index in [-0.39, 0.29) is 30.7 Å². The number of fused-ring (bicyclic) bond motifs is 1. The second kappa shape index (κ2) is 10.2. The van der Waals surface area contributed by atoms with Crippen molar-refractivity contribution in [3.63, 3.8) is 0 Å². The van der Waals surface area contributed by atoms with Crippen LogP contribution in [0.1, 0.15) is 16.7 Å². The Kier molecular flexibility index (Phi) is 6.96. The van der Waals surface area contributed by atoms with Crippen LogP contribution in [0.25, 0.3) is 0 Å². The maximum absolute atomic E-state index is 13.1. The van der Waals surface area contributed by atoms with Crippen LogP contribution in [0, 0.1) is 5.82 Å². The van der Waals surface area contributed by atoms with E-state index in [2.05, 4.69) is 5.32 Å². The second-order valence-electron chi connectivity index (χ2n) is 7.89. The smallest absolute Gasteiger partial charge is 0.261 e. The van der Waals surface area contributed by atoms with Gasteiger partial charge in [0.05, 0.1) is 20.6 Å². The van der Waals surface area contributed by atoms with E-state index in [9.17, 15) is 14.0 Å². The summed E-state index contributed by atoms with van der Waals surface area (Å²) in [5.74, 6) is 1.15. The zero-order valence-corrected chi connectivity index (χ0v) is 19.0. The number of carbonyl (C=O) groups excluding carboxylic acids is 2. The van der Waals surface area contributed by atoms with Gasteiger partial charge in [-0.3, -0.25) is 9.59 Å². The Morgan fingerprint density at radius 3 is 2.59 bits per heavy atom. The summed E-state index contributed by atoms with van der Waals surface area (Å²) in [4.78, 5) is 26.9. The maximum Gasteiger partial charge on any atom is 0.261 e. The van der Waals surface area contributed by atoms with E-state index >= 15 is 0 Å². The molecule has 0 atom stereocenters. The number of ether oxygens (including phenoxy) is 3. The van der Waals surface area contributed by atoms with Crippen molar-refractivity contribution in [3.8, 4) is 17.2 Å². The van der Waals surface area contributed by atoms with Gasteiger partial charge in [-0.15, -0.1) is 0 Å². The molecule has 3 aromatic rings. The number of hydrogen-bond acceptors (Lipinski definition) is 5. The fraction of sp³-hybridized carbons (Fsp3) is 0.231. The topological polar surface area (TPSA) is 77.1 Å². The number of nitrogens with one attached hydrogen (secondary N) is 1. The molecule has 0 aromatic heterocycles. The Balaban J connectivity index is 1.49. The predicted molar refractivity (Wildman–Crippen MR) is 124 cm³/mol. The lowest BCUT2D eigenvalue weighted by Crippen LogP contribution is -2.32. The molecule has 0 spiro atoms. The number of hydrogen-bond donors (Lipinski definition) is 1. The minimum absolute atomic E-state index is 0.0816. The van der Waals surface area contributed by atoms with Crippen LogP contribution in [0.3, 0.4) is 0 Å². The van der Waals surface area contributed by atoms with Gasteiger partial charge in [0, 0.05) is 36.0 Å². The van der Waals surface area contributed by atoms with Gasteiger partial charge in [0.2, 0.25) is 5.91 Å². The van der Waals surface area contributed by atoms with Gasteiger partial charge in [-0.1, -0.05) is 12.1 Å². The standard InChI is InChI=1S/C26H25FN2O5/c1-32-22-9-5-18(24(13-22)33-2)14-29-15-19-12-21(8-10-23(19)34-16-26(29)31)28-25(30)11-17-3-6-20(27)7-4-17/h3-10,12-13H,11,14-16H2,1-2H3,(H,28,30). The molecule has 1 heterocycles. The highest BCUT2D eigenvalue weighted by atomic mass is 19.1. The minimum atomic E-state index is -0.346. The van der Waals surface area contributed by atoms with Crippen LogP contribution in [0.15, 0.2) is 60.7 Å². The Morgan fingerprint density at radius 1 is 1.06 bits per heavy atom. The largest absolute Gasteiger partial charge is 0.497 e. The molecule has 1 aliphatic rings. The fourth-order valence-corrected chi connectivity index (χ4v) is 3.77. The number of methoxy groups -OCH3 is 2. The third-order valence-electron chi connectivity index (χ3n) is 5.54. The van der Waals surface area contributed by atoms with E-state index in [0.717, 1.165) is 11.1 Å². The third-order valence-corrected chi connectivity index (χ3v) is 5.54. The van der Waals surface area contributed by atoms with E-state index in [1.165, 1.54) is 12.1 Å². The van der Waals surface area contributed by atoms with E-state index in [1.54, 1.807) is 55.5 Å². The zero-order valence-electron chi connectivity index (χ0n) is 19.0. The molecular weight excluding hydrogens is 439 g/mol. The molecule has 34 heavy (non-hydrogen) atoms. The molecule has 0 fully saturated rings. The molecule has 1 N–H and O–H groups in total. The van der Waals surface area contributed by atoms with Crippen molar-refractivity contribution in [2.45, 2.75) is 19.5 Å². The predicted octanol–water partition coefficient (Wildman–Crippen LogP) is 3.95. The summed E-state index contributed by atoms with van der Waals surface area (Å²) in [7, 11) is 3.15. The highest BCUT2D eigenvalue weighted by Gasteiger charge is 2.23. The number of carbonyl (C=O) groups is 2. The second-order valence-corrected chi connectivity index (χ2v) is 7.89. The van der Waals surface area contributed by atoms with Crippen molar-refractivity contribution in [2.75, 3.05) is 26.1 Å². The molecule has 0 saturated heterocycles. The van der Waals surface area contributed by atoms with Crippen molar-refractivity contribution in [1.29, 1.82) is 0 Å². The highest BCUT2D eigenvalue weighted by Crippen LogP contribution is 2.30. The number of nitrogens with zero attached hydrogens (tertiary/aromatic N) is 1. The zero-order chi connectivity index (χ0) is 24.1. The molecule has 8 heteroatoms. The Bertz CT molecular complexity index is 1200. The number of amides is 2. The number of benzene rings is 3. The number of halogens is 1. The summed E-state index contributed by atoms with van der Waals surface area (Å²) in [5.41, 5.74) is 2.91. The summed E-state index contributed by atoms with van der Waals surface area (Å²) in [6.45, 7) is 0.558. The first kappa shape index (κ1) is 23.1. The third kappa shape index (κ3) is 5.46. The average Bonchev–Trinajstić information content (AvgIpc) is 2.99. The van der Waals surface area contributed by atoms with Gasteiger partial charge in [0.15, 0.2) is 6.61 Å². The molecule has 0 unspecified atom stereocenters. The van der Waals surface area contributed by atoms with E-state index in [4.69, 9.17) is 14.2 Å². The van der Waals surface area contributed by atoms with E-state index < -0.39 is 0 Å². The van der Waals surface area contributed by atoms with Crippen molar-refractivity contribution in [2.24, 2.45) is 0 Å². The van der Waals surface area contributed by atoms with Crippen LogP contribution < -0.4 is 19.5 Å². The van der Waals surface area contributed by atoms with Gasteiger partial charge in [0.1, 0.15) is 23.1 Å². The van der Waals surface area contributed by atoms with Crippen molar-refractivity contribution >= 4 is 17.5 Å². The first-order valence-electron chi connectivity index (χ1n) is 10.7. The highest BCUT2D eigenvalue weighted by molar-refractivity contribution is 5.92. The summed E-state index contributed by atoms with van der Waals surface area (Å²) in [6, 6.07) is 16.5. The Labute approximate surface area is 197 Å². The van der Waals surface area contributed by atoms with Crippen LogP contribution in [0.5, 0.6) is 17.2 Å². The van der Waals surface area contributed by atoms with Gasteiger partial charge in [-0.25, -0.2) is 4.39 Å². The summed E-state index contributed by atoms with van der Waals surface area (Å²) in [6.07, 6.45) is 0.121. The number of rotatable bonds is 7.